The van der Waals surface area contributed by atoms with Gasteiger partial charge in [-0.15, -0.1) is 0 Å². The number of hydrogen-bond donors (Lipinski definition) is 3. The lowest BCUT2D eigenvalue weighted by molar-refractivity contribution is -0.119. The molecule has 7 nitrogen and oxygen atoms in total. The molecule has 1 aromatic carbocycles. The van der Waals surface area contributed by atoms with E-state index in [0.29, 0.717) is 18.5 Å². The Morgan fingerprint density at radius 1 is 1.31 bits per heavy atom. The van der Waals surface area contributed by atoms with Gasteiger partial charge in [-0.1, -0.05) is 12.1 Å². The Labute approximate surface area is 174 Å². The second kappa shape index (κ2) is 10.3. The van der Waals surface area contributed by atoms with Crippen molar-refractivity contribution in [3.63, 3.8) is 0 Å². The van der Waals surface area contributed by atoms with Gasteiger partial charge in [0, 0.05) is 37.2 Å². The van der Waals surface area contributed by atoms with Crippen LogP contribution >= 0.6 is 0 Å². The number of hydrogen-bond acceptors (Lipinski definition) is 3. The van der Waals surface area contributed by atoms with Gasteiger partial charge in [0.25, 0.3) is 5.91 Å². The molecular weight excluding hydrogens is 366 g/mol. The number of nitrogens with zero attached hydrogens (tertiary/aromatic N) is 2. The lowest BCUT2D eigenvalue weighted by atomic mass is 9.95. The molecule has 1 fully saturated rings. The van der Waals surface area contributed by atoms with Gasteiger partial charge in [-0.05, 0) is 64.2 Å². The highest BCUT2D eigenvalue weighted by molar-refractivity contribution is 5.94. The van der Waals surface area contributed by atoms with Gasteiger partial charge in [0.15, 0.2) is 5.96 Å². The topological polar surface area (TPSA) is 99.8 Å². The third kappa shape index (κ3) is 7.75. The fraction of sp³-hybridized carbons (Fsp3) is 0.591. The average molecular weight is 402 g/mol. The quantitative estimate of drug-likeness (QED) is 0.503. The highest BCUT2D eigenvalue weighted by atomic mass is 16.2. The standard InChI is InChI=1S/C22H35N5O2/c1-5-24-21(27-11-7-9-17(15-27)13-19(23)28)25-14-16-8-6-10-18(12-16)20(29)26-22(2,3)4/h6,8,10,12,17H,5,7,9,11,13-15H2,1-4H3,(H2,23,28)(H,24,25)(H,26,29). The molecule has 1 atom stereocenters. The molecule has 1 aliphatic rings. The molecule has 0 spiro atoms. The monoisotopic (exact) mass is 401 g/mol. The Hall–Kier alpha value is -2.57. The summed E-state index contributed by atoms with van der Waals surface area (Å²) in [7, 11) is 0. The molecule has 0 radical (unpaired) electrons. The number of aliphatic imine (C=N–C) groups is 1. The normalized spacial score (nSPS) is 17.7. The van der Waals surface area contributed by atoms with E-state index in [1.54, 1.807) is 0 Å². The third-order valence-electron chi connectivity index (χ3n) is 4.73. The molecule has 0 bridgehead atoms. The second-order valence-corrected chi connectivity index (χ2v) is 8.70. The third-order valence-corrected chi connectivity index (χ3v) is 4.73. The van der Waals surface area contributed by atoms with Crippen LogP contribution in [-0.2, 0) is 11.3 Å². The van der Waals surface area contributed by atoms with Crippen molar-refractivity contribution in [1.29, 1.82) is 0 Å². The Morgan fingerprint density at radius 3 is 2.72 bits per heavy atom. The molecule has 1 heterocycles. The van der Waals surface area contributed by atoms with Gasteiger partial charge in [0.2, 0.25) is 5.91 Å². The largest absolute Gasteiger partial charge is 0.370 e. The molecular formula is C22H35N5O2. The van der Waals surface area contributed by atoms with Crippen molar-refractivity contribution in [2.24, 2.45) is 16.6 Å². The Morgan fingerprint density at radius 2 is 2.07 bits per heavy atom. The van der Waals surface area contributed by atoms with Gasteiger partial charge in [0.05, 0.1) is 6.54 Å². The van der Waals surface area contributed by atoms with E-state index in [-0.39, 0.29) is 23.3 Å². The van der Waals surface area contributed by atoms with Crippen molar-refractivity contribution in [3.05, 3.63) is 35.4 Å². The van der Waals surface area contributed by atoms with Crippen LogP contribution in [0.4, 0.5) is 0 Å². The Kier molecular flexibility index (Phi) is 8.05. The van der Waals surface area contributed by atoms with E-state index in [2.05, 4.69) is 15.5 Å². The first-order valence-corrected chi connectivity index (χ1v) is 10.4. The minimum atomic E-state index is -0.279. The maximum atomic E-state index is 12.4. The number of benzene rings is 1. The van der Waals surface area contributed by atoms with Crippen molar-refractivity contribution < 1.29 is 9.59 Å². The summed E-state index contributed by atoms with van der Waals surface area (Å²) < 4.78 is 0. The summed E-state index contributed by atoms with van der Waals surface area (Å²) in [5, 5.41) is 6.33. The number of likely N-dealkylation sites (tertiary alicyclic amines) is 1. The van der Waals surface area contributed by atoms with Crippen LogP contribution in [0.3, 0.4) is 0 Å². The summed E-state index contributed by atoms with van der Waals surface area (Å²) in [5.74, 6) is 0.783. The summed E-state index contributed by atoms with van der Waals surface area (Å²) in [4.78, 5) is 30.7. The van der Waals surface area contributed by atoms with Crippen LogP contribution in [0.25, 0.3) is 0 Å². The highest BCUT2D eigenvalue weighted by Crippen LogP contribution is 2.19. The molecule has 4 N–H and O–H groups in total. The zero-order chi connectivity index (χ0) is 21.4. The van der Waals surface area contributed by atoms with E-state index in [1.165, 1.54) is 0 Å². The molecule has 1 aliphatic heterocycles. The molecule has 1 saturated heterocycles. The van der Waals surface area contributed by atoms with Crippen LogP contribution in [0.15, 0.2) is 29.3 Å². The van der Waals surface area contributed by atoms with E-state index < -0.39 is 0 Å². The molecule has 0 aliphatic carbocycles. The predicted octanol–water partition coefficient (Wildman–Crippen LogP) is 2.27. The van der Waals surface area contributed by atoms with Crippen LogP contribution in [0, 0.1) is 5.92 Å². The second-order valence-electron chi connectivity index (χ2n) is 8.70. The molecule has 0 saturated carbocycles. The van der Waals surface area contributed by atoms with E-state index in [4.69, 9.17) is 10.7 Å². The van der Waals surface area contributed by atoms with Crippen LogP contribution < -0.4 is 16.4 Å². The fourth-order valence-corrected chi connectivity index (χ4v) is 3.52. The number of piperidine rings is 1. The number of rotatable bonds is 6. The van der Waals surface area contributed by atoms with Crippen molar-refractivity contribution in [3.8, 4) is 0 Å². The Balaban J connectivity index is 2.09. The number of guanidine groups is 1. The summed E-state index contributed by atoms with van der Waals surface area (Å²) in [6, 6.07) is 7.57. The van der Waals surface area contributed by atoms with Crippen LogP contribution in [-0.4, -0.2) is 47.8 Å². The smallest absolute Gasteiger partial charge is 0.251 e. The fourth-order valence-electron chi connectivity index (χ4n) is 3.52. The summed E-state index contributed by atoms with van der Waals surface area (Å²) in [5.41, 5.74) is 6.72. The maximum absolute atomic E-state index is 12.4. The number of primary amides is 1. The van der Waals surface area contributed by atoms with E-state index in [0.717, 1.165) is 44.0 Å². The molecule has 2 rings (SSSR count). The number of nitrogens with one attached hydrogen (secondary N) is 2. The lowest BCUT2D eigenvalue weighted by Gasteiger charge is -2.34. The lowest BCUT2D eigenvalue weighted by Crippen LogP contribution is -2.47. The first-order valence-electron chi connectivity index (χ1n) is 10.4. The van der Waals surface area contributed by atoms with E-state index in [1.807, 2.05) is 52.0 Å². The van der Waals surface area contributed by atoms with Gasteiger partial charge in [-0.2, -0.15) is 0 Å². The zero-order valence-corrected chi connectivity index (χ0v) is 18.1. The van der Waals surface area contributed by atoms with Crippen molar-refractivity contribution in [1.82, 2.24) is 15.5 Å². The number of nitrogens with two attached hydrogens (primary N) is 1. The highest BCUT2D eigenvalue weighted by Gasteiger charge is 2.23. The number of carbonyl (C=O) groups is 2. The molecule has 2 amide bonds. The SMILES string of the molecule is CCNC(=NCc1cccc(C(=O)NC(C)(C)C)c1)N1CCCC(CC(N)=O)C1. The Bertz CT molecular complexity index is 739. The van der Waals surface area contributed by atoms with Gasteiger partial charge in [0.1, 0.15) is 0 Å². The molecule has 1 unspecified atom stereocenters. The average Bonchev–Trinajstić information content (AvgIpc) is 2.63. The molecule has 29 heavy (non-hydrogen) atoms. The van der Waals surface area contributed by atoms with Gasteiger partial charge in [-0.3, -0.25) is 9.59 Å². The maximum Gasteiger partial charge on any atom is 0.251 e. The van der Waals surface area contributed by atoms with E-state index >= 15 is 0 Å². The first kappa shape index (κ1) is 22.7. The minimum absolute atomic E-state index is 0.0828. The summed E-state index contributed by atoms with van der Waals surface area (Å²) in [6.07, 6.45) is 2.45. The van der Waals surface area contributed by atoms with Crippen LogP contribution in [0.2, 0.25) is 0 Å². The van der Waals surface area contributed by atoms with Crippen molar-refractivity contribution >= 4 is 17.8 Å². The van der Waals surface area contributed by atoms with Crippen molar-refractivity contribution in [2.75, 3.05) is 19.6 Å². The predicted molar refractivity (Wildman–Crippen MR) is 117 cm³/mol. The molecule has 160 valence electrons. The number of carbonyl (C=O) groups excluding carboxylic acids is 2. The number of amides is 2. The van der Waals surface area contributed by atoms with Gasteiger partial charge in [-0.25, -0.2) is 4.99 Å². The van der Waals surface area contributed by atoms with Crippen LogP contribution in [0.1, 0.15) is 62.9 Å². The van der Waals surface area contributed by atoms with Gasteiger partial charge < -0.3 is 21.3 Å². The van der Waals surface area contributed by atoms with Crippen molar-refractivity contribution in [2.45, 2.75) is 59.0 Å². The molecule has 7 heteroatoms. The summed E-state index contributed by atoms with van der Waals surface area (Å²) >= 11 is 0. The van der Waals surface area contributed by atoms with E-state index in [9.17, 15) is 9.59 Å². The molecule has 0 aromatic heterocycles. The van der Waals surface area contributed by atoms with Gasteiger partial charge >= 0.3 is 0 Å². The first-order chi connectivity index (χ1) is 13.7. The minimum Gasteiger partial charge on any atom is -0.370 e. The van der Waals surface area contributed by atoms with Crippen LogP contribution in [0.5, 0.6) is 0 Å². The summed E-state index contributed by atoms with van der Waals surface area (Å²) in [6.45, 7) is 10.9. The molecule has 1 aromatic rings. The zero-order valence-electron chi connectivity index (χ0n) is 18.1.